The van der Waals surface area contributed by atoms with Gasteiger partial charge in [-0.15, -0.1) is 0 Å². The third-order valence-electron chi connectivity index (χ3n) is 13.6. The summed E-state index contributed by atoms with van der Waals surface area (Å²) in [5.74, 6) is 0.566. The highest BCUT2D eigenvalue weighted by Crippen LogP contribution is 2.47. The van der Waals surface area contributed by atoms with E-state index in [4.69, 9.17) is 23.2 Å². The molecule has 6 nitrogen and oxygen atoms in total. The number of nitrogens with zero attached hydrogens (tertiary/aromatic N) is 3. The molecule has 0 unspecified atom stereocenters. The number of hydrogen-bond donors (Lipinski definition) is 0. The fourth-order valence-corrected chi connectivity index (χ4v) is 10.6. The van der Waals surface area contributed by atoms with Gasteiger partial charge in [0.25, 0.3) is 0 Å². The summed E-state index contributed by atoms with van der Waals surface area (Å²) < 4.78 is 22.9. The molecule has 0 saturated heterocycles. The van der Waals surface area contributed by atoms with Gasteiger partial charge < -0.3 is 17.8 Å². The average Bonchev–Trinajstić information content (AvgIpc) is 4.13. The van der Waals surface area contributed by atoms with Crippen molar-refractivity contribution in [2.45, 2.75) is 0 Å². The number of furan rings is 3. The zero-order chi connectivity index (χ0) is 43.0. The highest BCUT2D eigenvalue weighted by molar-refractivity contribution is 6.21. The lowest BCUT2D eigenvalue weighted by molar-refractivity contribution is 0.663. The van der Waals surface area contributed by atoms with Crippen LogP contribution in [0.25, 0.3) is 149 Å². The molecule has 0 spiro atoms. The summed E-state index contributed by atoms with van der Waals surface area (Å²) in [5.41, 5.74) is 12.9. The molecule has 0 aliphatic heterocycles. The van der Waals surface area contributed by atoms with E-state index in [-0.39, 0.29) is 0 Å². The number of benzene rings is 10. The minimum absolute atomic E-state index is 0.566. The largest absolute Gasteiger partial charge is 0.456 e. The Hall–Kier alpha value is -9.00. The van der Waals surface area contributed by atoms with Gasteiger partial charge in [0.2, 0.25) is 0 Å². The van der Waals surface area contributed by atoms with Gasteiger partial charge in [-0.2, -0.15) is 0 Å². The van der Waals surface area contributed by atoms with Crippen molar-refractivity contribution in [2.75, 3.05) is 0 Å². The van der Waals surface area contributed by atoms with E-state index < -0.39 is 0 Å². The monoisotopic (exact) mass is 843 g/mol. The summed E-state index contributed by atoms with van der Waals surface area (Å²) >= 11 is 0. The van der Waals surface area contributed by atoms with Gasteiger partial charge in [-0.1, -0.05) is 133 Å². The molecule has 6 heteroatoms. The summed E-state index contributed by atoms with van der Waals surface area (Å²) in [6.07, 6.45) is 0. The van der Waals surface area contributed by atoms with Crippen molar-refractivity contribution in [1.29, 1.82) is 0 Å². The van der Waals surface area contributed by atoms with E-state index in [1.54, 1.807) is 0 Å². The van der Waals surface area contributed by atoms with Crippen LogP contribution in [0.3, 0.4) is 0 Å². The van der Waals surface area contributed by atoms with Crippen LogP contribution in [0.15, 0.2) is 213 Å². The fraction of sp³-hybridized carbons (Fsp3) is 0. The van der Waals surface area contributed by atoms with Crippen molar-refractivity contribution >= 4 is 109 Å². The minimum Gasteiger partial charge on any atom is -0.456 e. The second-order valence-electron chi connectivity index (χ2n) is 17.2. The smallest absolute Gasteiger partial charge is 0.180 e. The lowest BCUT2D eigenvalue weighted by Crippen LogP contribution is -1.98. The molecule has 10 aromatic carbocycles. The van der Waals surface area contributed by atoms with Crippen LogP contribution < -0.4 is 0 Å². The molecule has 306 valence electrons. The number of rotatable bonds is 4. The molecule has 5 heterocycles. The van der Waals surface area contributed by atoms with Crippen molar-refractivity contribution in [2.24, 2.45) is 0 Å². The van der Waals surface area contributed by atoms with Crippen LogP contribution in [0.1, 0.15) is 0 Å². The van der Waals surface area contributed by atoms with Crippen molar-refractivity contribution in [3.63, 3.8) is 0 Å². The van der Waals surface area contributed by atoms with Gasteiger partial charge in [-0.25, -0.2) is 9.97 Å². The van der Waals surface area contributed by atoms with Crippen molar-refractivity contribution < 1.29 is 13.3 Å². The molecular formula is C60H33N3O3. The van der Waals surface area contributed by atoms with Crippen LogP contribution >= 0.6 is 0 Å². The van der Waals surface area contributed by atoms with Crippen LogP contribution in [-0.4, -0.2) is 14.5 Å². The molecule has 0 aliphatic rings. The molecule has 0 bridgehead atoms. The third-order valence-corrected chi connectivity index (χ3v) is 13.6. The first kappa shape index (κ1) is 35.5. The Balaban J connectivity index is 1.08. The van der Waals surface area contributed by atoms with Crippen LogP contribution in [0.2, 0.25) is 0 Å². The molecule has 0 N–H and O–H groups in total. The van der Waals surface area contributed by atoms with E-state index in [2.05, 4.69) is 162 Å². The van der Waals surface area contributed by atoms with E-state index >= 15 is 0 Å². The van der Waals surface area contributed by atoms with Gasteiger partial charge in [0.1, 0.15) is 39.1 Å². The quantitative estimate of drug-likeness (QED) is 0.176. The zero-order valence-electron chi connectivity index (χ0n) is 35.1. The third kappa shape index (κ3) is 5.01. The van der Waals surface area contributed by atoms with Crippen molar-refractivity contribution in [3.8, 4) is 39.5 Å². The van der Waals surface area contributed by atoms with E-state index in [9.17, 15) is 0 Å². The summed E-state index contributed by atoms with van der Waals surface area (Å²) in [6.45, 7) is 0. The Kier molecular flexibility index (Phi) is 7.13. The number of hydrogen-bond acceptors (Lipinski definition) is 5. The van der Waals surface area contributed by atoms with Crippen LogP contribution in [0.4, 0.5) is 0 Å². The lowest BCUT2D eigenvalue weighted by Gasteiger charge is -2.13. The molecule has 0 saturated carbocycles. The highest BCUT2D eigenvalue weighted by Gasteiger charge is 2.27. The number of fused-ring (bicyclic) bond motifs is 14. The molecule has 5 aromatic heterocycles. The molecule has 0 amide bonds. The second-order valence-corrected chi connectivity index (χ2v) is 17.2. The van der Waals surface area contributed by atoms with Gasteiger partial charge in [0.05, 0.1) is 22.1 Å². The molecule has 0 radical (unpaired) electrons. The highest BCUT2D eigenvalue weighted by atomic mass is 16.3. The van der Waals surface area contributed by atoms with Crippen LogP contribution in [-0.2, 0) is 0 Å². The molecular weight excluding hydrogens is 811 g/mol. The predicted octanol–water partition coefficient (Wildman–Crippen LogP) is 16.6. The fourth-order valence-electron chi connectivity index (χ4n) is 10.6. The maximum absolute atomic E-state index is 7.21. The van der Waals surface area contributed by atoms with Gasteiger partial charge in [0.15, 0.2) is 11.4 Å². The summed E-state index contributed by atoms with van der Waals surface area (Å²) in [7, 11) is 0. The van der Waals surface area contributed by atoms with Crippen molar-refractivity contribution in [3.05, 3.63) is 200 Å². The normalized spacial score (nSPS) is 12.2. The predicted molar refractivity (Wildman–Crippen MR) is 270 cm³/mol. The topological polar surface area (TPSA) is 70.1 Å². The first-order chi connectivity index (χ1) is 32.7. The summed E-state index contributed by atoms with van der Waals surface area (Å²) in [4.78, 5) is 11.0. The lowest BCUT2D eigenvalue weighted by atomic mass is 10.0. The molecule has 15 rings (SSSR count). The number of para-hydroxylation sites is 2. The molecule has 66 heavy (non-hydrogen) atoms. The first-order valence-electron chi connectivity index (χ1n) is 22.2. The average molecular weight is 844 g/mol. The van der Waals surface area contributed by atoms with Gasteiger partial charge in [0, 0.05) is 43.4 Å². The Labute approximate surface area is 375 Å². The molecule has 0 aliphatic carbocycles. The molecule has 15 aromatic rings. The Morgan fingerprint density at radius 1 is 0.348 bits per heavy atom. The molecule has 0 fully saturated rings. The SMILES string of the molecule is c1ccc(-c2ccc3oc4c(-c5ccc(-n6c7ccccc7c7cc8ccccc8cc76)c6c5oc5cc7ccccc7cc56)nc(-c5cccc6oc7ccccc7c56)nc4c3c2)cc1. The number of aromatic nitrogens is 3. The summed E-state index contributed by atoms with van der Waals surface area (Å²) in [6, 6.07) is 70.2. The van der Waals surface area contributed by atoms with E-state index in [0.29, 0.717) is 22.7 Å². The second kappa shape index (κ2) is 13.3. The van der Waals surface area contributed by atoms with Gasteiger partial charge in [-0.05, 0) is 99.4 Å². The summed E-state index contributed by atoms with van der Waals surface area (Å²) in [5, 5.41) is 11.9. The Morgan fingerprint density at radius 2 is 1.03 bits per heavy atom. The minimum atomic E-state index is 0.566. The van der Waals surface area contributed by atoms with E-state index in [0.717, 1.165) is 105 Å². The van der Waals surface area contributed by atoms with E-state index in [1.165, 1.54) is 21.5 Å². The first-order valence-corrected chi connectivity index (χ1v) is 22.2. The van der Waals surface area contributed by atoms with Crippen molar-refractivity contribution in [1.82, 2.24) is 14.5 Å². The van der Waals surface area contributed by atoms with E-state index in [1.807, 2.05) is 42.5 Å². The maximum Gasteiger partial charge on any atom is 0.180 e. The Morgan fingerprint density at radius 3 is 1.88 bits per heavy atom. The zero-order valence-corrected chi connectivity index (χ0v) is 35.1. The van der Waals surface area contributed by atoms with Crippen LogP contribution in [0.5, 0.6) is 0 Å². The Bertz CT molecular complexity index is 4530. The van der Waals surface area contributed by atoms with Gasteiger partial charge >= 0.3 is 0 Å². The van der Waals surface area contributed by atoms with Crippen LogP contribution in [0, 0.1) is 0 Å². The maximum atomic E-state index is 7.21. The standard InChI is InChI=1S/C60H33N3O3/c1-2-13-34(14-3-1)39-25-28-51-46(31-39)57-59(65-51)56(61-60(62-57)42-21-12-24-52-54(42)41-20-9-11-23-50(41)64-52)43-26-27-48(55-45-30-36-16-5-7-18-38(36)33-53(45)66-58(43)55)63-47-22-10-8-19-40(47)44-29-35-15-4-6-17-37(35)32-49(44)63/h1-33H. The molecule has 0 atom stereocenters. The van der Waals surface area contributed by atoms with Gasteiger partial charge in [-0.3, -0.25) is 0 Å².